The first kappa shape index (κ1) is 14.3. The van der Waals surface area contributed by atoms with Crippen LogP contribution in [0, 0.1) is 0 Å². The van der Waals surface area contributed by atoms with E-state index in [-0.39, 0.29) is 24.4 Å². The molecule has 1 aliphatic rings. The summed E-state index contributed by atoms with van der Waals surface area (Å²) in [6, 6.07) is 7.02. The number of imidazole rings is 1. The standard InChI is InChI=1S/C16H17N3O3/c1-22-13-4-2-12(3-5-13)10-19-15(20)7-6-14(16(19)21)18-9-8-17-11-18/h2-5,8-9,11,14H,6-7,10H2,1H3. The van der Waals surface area contributed by atoms with Crippen molar-refractivity contribution in [1.82, 2.24) is 14.5 Å². The van der Waals surface area contributed by atoms with Gasteiger partial charge in [0.05, 0.1) is 20.0 Å². The molecule has 22 heavy (non-hydrogen) atoms. The number of likely N-dealkylation sites (tertiary alicyclic amines) is 1. The van der Waals surface area contributed by atoms with Crippen LogP contribution in [0.2, 0.25) is 0 Å². The van der Waals surface area contributed by atoms with E-state index in [4.69, 9.17) is 4.74 Å². The lowest BCUT2D eigenvalue weighted by molar-refractivity contribution is -0.151. The van der Waals surface area contributed by atoms with Gasteiger partial charge >= 0.3 is 0 Å². The van der Waals surface area contributed by atoms with Gasteiger partial charge in [-0.15, -0.1) is 0 Å². The molecular weight excluding hydrogens is 282 g/mol. The normalized spacial score (nSPS) is 18.6. The van der Waals surface area contributed by atoms with Crippen LogP contribution in [-0.2, 0) is 16.1 Å². The molecule has 6 nitrogen and oxygen atoms in total. The second-order valence-electron chi connectivity index (χ2n) is 5.23. The lowest BCUT2D eigenvalue weighted by atomic mass is 10.0. The third-order valence-corrected chi connectivity index (χ3v) is 3.87. The van der Waals surface area contributed by atoms with Crippen molar-refractivity contribution in [3.8, 4) is 5.75 Å². The summed E-state index contributed by atoms with van der Waals surface area (Å²) in [5, 5.41) is 0. The van der Waals surface area contributed by atoms with Gasteiger partial charge in [0.2, 0.25) is 5.91 Å². The predicted octanol–water partition coefficient (Wildman–Crippen LogP) is 1.78. The zero-order valence-electron chi connectivity index (χ0n) is 12.3. The van der Waals surface area contributed by atoms with Gasteiger partial charge in [0.1, 0.15) is 11.8 Å². The number of nitrogens with zero attached hydrogens (tertiary/aromatic N) is 3. The SMILES string of the molecule is COc1ccc(CN2C(=O)CCC(n3ccnc3)C2=O)cc1. The molecule has 1 aliphatic heterocycles. The lowest BCUT2D eigenvalue weighted by Gasteiger charge is -2.31. The van der Waals surface area contributed by atoms with Crippen LogP contribution in [0.4, 0.5) is 0 Å². The molecule has 2 amide bonds. The number of aromatic nitrogens is 2. The average molecular weight is 299 g/mol. The number of amides is 2. The van der Waals surface area contributed by atoms with E-state index in [0.29, 0.717) is 12.8 Å². The maximum atomic E-state index is 12.6. The molecule has 0 aliphatic carbocycles. The fourth-order valence-corrected chi connectivity index (χ4v) is 2.63. The van der Waals surface area contributed by atoms with E-state index in [2.05, 4.69) is 4.98 Å². The summed E-state index contributed by atoms with van der Waals surface area (Å²) in [5.41, 5.74) is 0.897. The fourth-order valence-electron chi connectivity index (χ4n) is 2.63. The molecule has 0 radical (unpaired) electrons. The molecule has 1 aromatic carbocycles. The van der Waals surface area contributed by atoms with Crippen LogP contribution in [0.15, 0.2) is 43.0 Å². The zero-order chi connectivity index (χ0) is 15.5. The van der Waals surface area contributed by atoms with Crippen molar-refractivity contribution in [2.75, 3.05) is 7.11 Å². The van der Waals surface area contributed by atoms with Gasteiger partial charge in [0, 0.05) is 18.8 Å². The third-order valence-electron chi connectivity index (χ3n) is 3.87. The first-order valence-corrected chi connectivity index (χ1v) is 7.13. The highest BCUT2D eigenvalue weighted by Crippen LogP contribution is 2.25. The maximum absolute atomic E-state index is 12.6. The van der Waals surface area contributed by atoms with Crippen LogP contribution in [0.1, 0.15) is 24.4 Å². The summed E-state index contributed by atoms with van der Waals surface area (Å²) < 4.78 is 6.87. The molecule has 6 heteroatoms. The number of benzene rings is 1. The van der Waals surface area contributed by atoms with Crippen molar-refractivity contribution in [3.05, 3.63) is 48.5 Å². The van der Waals surface area contributed by atoms with Gasteiger partial charge in [-0.1, -0.05) is 12.1 Å². The topological polar surface area (TPSA) is 64.4 Å². The van der Waals surface area contributed by atoms with Gasteiger partial charge < -0.3 is 9.30 Å². The summed E-state index contributed by atoms with van der Waals surface area (Å²) in [4.78, 5) is 30.0. The van der Waals surface area contributed by atoms with Gasteiger partial charge in [0.15, 0.2) is 0 Å². The Kier molecular flexibility index (Phi) is 3.91. The maximum Gasteiger partial charge on any atom is 0.252 e. The summed E-state index contributed by atoms with van der Waals surface area (Å²) in [7, 11) is 1.60. The van der Waals surface area contributed by atoms with Gasteiger partial charge in [0.25, 0.3) is 5.91 Å². The van der Waals surface area contributed by atoms with E-state index in [1.165, 1.54) is 4.90 Å². The van der Waals surface area contributed by atoms with Crippen LogP contribution in [-0.4, -0.2) is 33.4 Å². The number of methoxy groups -OCH3 is 1. The Labute approximate surface area is 128 Å². The molecule has 1 saturated heterocycles. The Morgan fingerprint density at radius 1 is 1.27 bits per heavy atom. The minimum absolute atomic E-state index is 0.128. The first-order chi connectivity index (χ1) is 10.7. The number of hydrogen-bond donors (Lipinski definition) is 0. The van der Waals surface area contributed by atoms with E-state index in [0.717, 1.165) is 11.3 Å². The Bertz CT molecular complexity index is 664. The van der Waals surface area contributed by atoms with Crippen LogP contribution in [0.25, 0.3) is 0 Å². The van der Waals surface area contributed by atoms with Crippen LogP contribution < -0.4 is 4.74 Å². The molecule has 1 atom stereocenters. The number of ether oxygens (including phenoxy) is 1. The van der Waals surface area contributed by atoms with Crippen molar-refractivity contribution in [2.45, 2.75) is 25.4 Å². The highest BCUT2D eigenvalue weighted by molar-refractivity contribution is 5.99. The molecule has 3 rings (SSSR count). The van der Waals surface area contributed by atoms with Crippen molar-refractivity contribution in [2.24, 2.45) is 0 Å². The molecule has 0 N–H and O–H groups in total. The number of hydrogen-bond acceptors (Lipinski definition) is 4. The Balaban J connectivity index is 1.78. The molecule has 114 valence electrons. The van der Waals surface area contributed by atoms with E-state index in [9.17, 15) is 9.59 Å². The van der Waals surface area contributed by atoms with E-state index in [1.54, 1.807) is 30.4 Å². The predicted molar refractivity (Wildman–Crippen MR) is 79.0 cm³/mol. The summed E-state index contributed by atoms with van der Waals surface area (Å²) in [6.45, 7) is 0.285. The molecule has 0 spiro atoms. The molecule has 2 heterocycles. The molecular formula is C16H17N3O3. The van der Waals surface area contributed by atoms with Crippen molar-refractivity contribution < 1.29 is 14.3 Å². The Morgan fingerprint density at radius 3 is 2.68 bits per heavy atom. The number of carbonyl (C=O) groups is 2. The van der Waals surface area contributed by atoms with Crippen molar-refractivity contribution >= 4 is 11.8 Å². The number of carbonyl (C=O) groups excluding carboxylic acids is 2. The zero-order valence-corrected chi connectivity index (χ0v) is 12.3. The van der Waals surface area contributed by atoms with Crippen LogP contribution >= 0.6 is 0 Å². The number of piperidine rings is 1. The highest BCUT2D eigenvalue weighted by Gasteiger charge is 2.35. The third kappa shape index (κ3) is 2.72. The van der Waals surface area contributed by atoms with Crippen LogP contribution in [0.5, 0.6) is 5.75 Å². The molecule has 1 aromatic heterocycles. The highest BCUT2D eigenvalue weighted by atomic mass is 16.5. The van der Waals surface area contributed by atoms with E-state index < -0.39 is 0 Å². The molecule has 1 fully saturated rings. The van der Waals surface area contributed by atoms with Crippen LogP contribution in [0.3, 0.4) is 0 Å². The van der Waals surface area contributed by atoms with E-state index >= 15 is 0 Å². The minimum Gasteiger partial charge on any atom is -0.497 e. The smallest absolute Gasteiger partial charge is 0.252 e. The number of rotatable bonds is 4. The van der Waals surface area contributed by atoms with Gasteiger partial charge in [-0.25, -0.2) is 4.98 Å². The quantitative estimate of drug-likeness (QED) is 0.807. The molecule has 2 aromatic rings. The summed E-state index contributed by atoms with van der Waals surface area (Å²) in [5.74, 6) is 0.443. The molecule has 0 saturated carbocycles. The number of imide groups is 1. The van der Waals surface area contributed by atoms with Gasteiger partial charge in [-0.05, 0) is 24.1 Å². The average Bonchev–Trinajstić information content (AvgIpc) is 3.06. The summed E-state index contributed by atoms with van der Waals surface area (Å²) >= 11 is 0. The summed E-state index contributed by atoms with van der Waals surface area (Å²) in [6.07, 6.45) is 5.89. The first-order valence-electron chi connectivity index (χ1n) is 7.13. The lowest BCUT2D eigenvalue weighted by Crippen LogP contribution is -2.45. The second kappa shape index (κ2) is 6.01. The van der Waals surface area contributed by atoms with Gasteiger partial charge in [-0.2, -0.15) is 0 Å². The molecule has 0 bridgehead atoms. The van der Waals surface area contributed by atoms with E-state index in [1.807, 2.05) is 24.3 Å². The van der Waals surface area contributed by atoms with Crippen molar-refractivity contribution in [1.29, 1.82) is 0 Å². The second-order valence-corrected chi connectivity index (χ2v) is 5.23. The largest absolute Gasteiger partial charge is 0.497 e. The Morgan fingerprint density at radius 2 is 2.05 bits per heavy atom. The monoisotopic (exact) mass is 299 g/mol. The molecule has 1 unspecified atom stereocenters. The van der Waals surface area contributed by atoms with Gasteiger partial charge in [-0.3, -0.25) is 14.5 Å². The van der Waals surface area contributed by atoms with Crippen molar-refractivity contribution in [3.63, 3.8) is 0 Å². The Hall–Kier alpha value is -2.63. The fraction of sp³-hybridized carbons (Fsp3) is 0.312. The minimum atomic E-state index is -0.349.